The Bertz CT molecular complexity index is 1840. The first-order valence-corrected chi connectivity index (χ1v) is 19.1. The zero-order valence-corrected chi connectivity index (χ0v) is 33.3. The molecular formula is C40H54ClN5O9. The van der Waals surface area contributed by atoms with Gasteiger partial charge in [-0.25, -0.2) is 9.59 Å². The number of aryl methyl sites for hydroxylation is 1. The predicted octanol–water partition coefficient (Wildman–Crippen LogP) is 5.66. The van der Waals surface area contributed by atoms with Gasteiger partial charge in [0, 0.05) is 51.7 Å². The summed E-state index contributed by atoms with van der Waals surface area (Å²) in [5, 5.41) is 29.5. The third-order valence-corrected chi connectivity index (χ3v) is 11.7. The Morgan fingerprint density at radius 3 is 2.56 bits per heavy atom. The van der Waals surface area contributed by atoms with Gasteiger partial charge in [-0.3, -0.25) is 10.6 Å². The average Bonchev–Trinajstić information content (AvgIpc) is 3.52. The number of aliphatic hydroxyl groups excluding tert-OH is 1. The molecular weight excluding hydrogens is 730 g/mol. The lowest BCUT2D eigenvalue weighted by atomic mass is 9.83. The van der Waals surface area contributed by atoms with Gasteiger partial charge in [0.2, 0.25) is 0 Å². The summed E-state index contributed by atoms with van der Waals surface area (Å²) in [7, 11) is 4.69. The number of methoxy groups -OCH3 is 2. The molecule has 3 saturated heterocycles. The number of nitrogens with two attached hydrogens (primary N) is 1. The number of alkyl carbamates (subject to hydrolysis) is 1. The van der Waals surface area contributed by atoms with Crippen molar-refractivity contribution in [2.45, 2.75) is 102 Å². The fourth-order valence-electron chi connectivity index (χ4n) is 8.16. The van der Waals surface area contributed by atoms with Crippen LogP contribution in [-0.4, -0.2) is 98.7 Å². The first-order chi connectivity index (χ1) is 26.1. The van der Waals surface area contributed by atoms with Crippen molar-refractivity contribution in [3.05, 3.63) is 64.2 Å². The number of nitrogens with zero attached hydrogens (tertiary/aromatic N) is 2. The van der Waals surface area contributed by atoms with E-state index in [2.05, 4.69) is 15.5 Å². The molecule has 0 radical (unpaired) electrons. The van der Waals surface area contributed by atoms with Crippen molar-refractivity contribution in [1.82, 2.24) is 5.32 Å². The average molecular weight is 784 g/mol. The van der Waals surface area contributed by atoms with Crippen LogP contribution in [0.15, 0.2) is 48.1 Å². The fraction of sp³-hybridized carbons (Fsp3) is 0.550. The molecule has 4 aliphatic heterocycles. The largest absolute Gasteiger partial charge is 0.495 e. The van der Waals surface area contributed by atoms with Crippen molar-refractivity contribution >= 4 is 46.5 Å². The summed E-state index contributed by atoms with van der Waals surface area (Å²) >= 11 is 6.84. The van der Waals surface area contributed by atoms with Crippen LogP contribution >= 0.6 is 11.6 Å². The maximum atomic E-state index is 14.0. The number of hydrogen-bond acceptors (Lipinski definition) is 12. The molecule has 0 spiro atoms. The molecule has 2 aromatic rings. The number of nitrogens with one attached hydrogen (secondary N) is 2. The minimum atomic E-state index is -1.80. The summed E-state index contributed by atoms with van der Waals surface area (Å²) in [4.78, 5) is 30.7. The maximum absolute atomic E-state index is 14.0. The number of anilines is 4. The molecule has 1 unspecified atom stereocenters. The third-order valence-electron chi connectivity index (χ3n) is 11.4. The highest BCUT2D eigenvalue weighted by atomic mass is 35.5. The fourth-order valence-corrected chi connectivity index (χ4v) is 8.48. The SMILES string of the molecule is COc1cc2cc(c1Cl)N(C)C(O)C[C@H](OC(=O)Nc1c(C)cc(N)cc1N1CCCC1)[C@]1(C)O[C@H]1[C@H](C)[C@@H]1C[C@@](O)(NC(=O)O1)[C@H](OC)/C=C/C=C(\C)C2. The first-order valence-electron chi connectivity index (χ1n) is 18.7. The van der Waals surface area contributed by atoms with E-state index in [1.54, 1.807) is 37.1 Å². The number of fused-ring (bicyclic) bond motifs is 5. The Kier molecular flexibility index (Phi) is 11.8. The number of carbonyl (C=O) groups excluding carboxylic acids is 2. The maximum Gasteiger partial charge on any atom is 0.412 e. The van der Waals surface area contributed by atoms with E-state index >= 15 is 0 Å². The molecule has 300 valence electrons. The molecule has 14 nitrogen and oxygen atoms in total. The van der Waals surface area contributed by atoms with Crippen LogP contribution in [0.2, 0.25) is 5.02 Å². The van der Waals surface area contributed by atoms with Crippen LogP contribution in [-0.2, 0) is 25.4 Å². The summed E-state index contributed by atoms with van der Waals surface area (Å²) in [5.41, 5.74) is 8.41. The van der Waals surface area contributed by atoms with E-state index in [0.717, 1.165) is 48.3 Å². The van der Waals surface area contributed by atoms with Crippen molar-refractivity contribution in [1.29, 1.82) is 0 Å². The molecule has 2 aromatic carbocycles. The molecule has 3 fully saturated rings. The summed E-state index contributed by atoms with van der Waals surface area (Å²) in [6.07, 6.45) is 1.73. The van der Waals surface area contributed by atoms with Gasteiger partial charge < -0.3 is 49.4 Å². The molecule has 0 aliphatic carbocycles. The van der Waals surface area contributed by atoms with Crippen molar-refractivity contribution in [2.24, 2.45) is 5.92 Å². The summed E-state index contributed by atoms with van der Waals surface area (Å²) in [5.74, 6) is -0.0489. The lowest BCUT2D eigenvalue weighted by Gasteiger charge is -2.42. The van der Waals surface area contributed by atoms with Crippen LogP contribution in [0.25, 0.3) is 0 Å². The van der Waals surface area contributed by atoms with Gasteiger partial charge in [0.25, 0.3) is 0 Å². The molecule has 8 atom stereocenters. The predicted molar refractivity (Wildman–Crippen MR) is 211 cm³/mol. The van der Waals surface area contributed by atoms with Crippen LogP contribution in [0.3, 0.4) is 0 Å². The van der Waals surface area contributed by atoms with Crippen LogP contribution in [0.4, 0.5) is 32.3 Å². The van der Waals surface area contributed by atoms with Gasteiger partial charge in [0.1, 0.15) is 40.9 Å². The number of benzene rings is 2. The Morgan fingerprint density at radius 1 is 1.15 bits per heavy atom. The summed E-state index contributed by atoms with van der Waals surface area (Å²) < 4.78 is 29.6. The van der Waals surface area contributed by atoms with E-state index in [1.165, 1.54) is 14.2 Å². The van der Waals surface area contributed by atoms with Gasteiger partial charge in [0.15, 0.2) is 5.72 Å². The zero-order valence-electron chi connectivity index (χ0n) is 32.6. The second kappa shape index (κ2) is 16.1. The number of epoxide rings is 1. The number of hydrogen-bond donors (Lipinski definition) is 5. The van der Waals surface area contributed by atoms with E-state index in [4.69, 9.17) is 41.0 Å². The van der Waals surface area contributed by atoms with Crippen molar-refractivity contribution in [3.8, 4) is 5.75 Å². The highest BCUT2D eigenvalue weighted by Gasteiger charge is 2.64. The van der Waals surface area contributed by atoms with Gasteiger partial charge in [-0.15, -0.1) is 0 Å². The van der Waals surface area contributed by atoms with Gasteiger partial charge in [-0.1, -0.05) is 42.3 Å². The van der Waals surface area contributed by atoms with Gasteiger partial charge in [-0.2, -0.15) is 0 Å². The van der Waals surface area contributed by atoms with Gasteiger partial charge in [-0.05, 0) is 75.4 Å². The zero-order chi connectivity index (χ0) is 39.8. The van der Waals surface area contributed by atoms with E-state index < -0.39 is 60.1 Å². The Hall–Kier alpha value is -4.21. The number of halogens is 1. The first kappa shape index (κ1) is 40.5. The number of aliphatic hydroxyl groups is 2. The van der Waals surface area contributed by atoms with Crippen molar-refractivity contribution < 1.29 is 43.5 Å². The van der Waals surface area contributed by atoms with Crippen LogP contribution in [0.1, 0.15) is 57.6 Å². The molecule has 6 N–H and O–H groups in total. The summed E-state index contributed by atoms with van der Waals surface area (Å²) in [6, 6.07) is 7.37. The molecule has 55 heavy (non-hydrogen) atoms. The second-order valence-corrected chi connectivity index (χ2v) is 15.8. The van der Waals surface area contributed by atoms with E-state index in [9.17, 15) is 19.8 Å². The molecule has 15 heteroatoms. The Labute approximate surface area is 327 Å². The van der Waals surface area contributed by atoms with Crippen LogP contribution < -0.4 is 30.9 Å². The number of ether oxygens (including phenoxy) is 5. The lowest BCUT2D eigenvalue weighted by Crippen LogP contribution is -2.63. The molecule has 2 amide bonds. The highest BCUT2D eigenvalue weighted by Crippen LogP contribution is 2.49. The summed E-state index contributed by atoms with van der Waals surface area (Å²) in [6.45, 7) is 9.15. The molecule has 0 aromatic heterocycles. The highest BCUT2D eigenvalue weighted by molar-refractivity contribution is 6.34. The van der Waals surface area contributed by atoms with Crippen molar-refractivity contribution in [2.75, 3.05) is 55.2 Å². The Balaban J connectivity index is 1.37. The number of nitrogen functional groups attached to an aromatic ring is 1. The molecule has 6 rings (SSSR count). The van der Waals surface area contributed by atoms with E-state index in [1.807, 2.05) is 45.0 Å². The minimum Gasteiger partial charge on any atom is -0.495 e. The number of rotatable bonds is 5. The monoisotopic (exact) mass is 783 g/mol. The van der Waals surface area contributed by atoms with E-state index in [-0.39, 0.29) is 12.8 Å². The smallest absolute Gasteiger partial charge is 0.412 e. The number of carbonyl (C=O) groups is 2. The van der Waals surface area contributed by atoms with Gasteiger partial charge in [0.05, 0.1) is 30.3 Å². The molecule has 4 heterocycles. The second-order valence-electron chi connectivity index (χ2n) is 15.4. The Morgan fingerprint density at radius 2 is 1.87 bits per heavy atom. The topological polar surface area (TPSA) is 181 Å². The lowest BCUT2D eigenvalue weighted by molar-refractivity contribution is -0.142. The van der Waals surface area contributed by atoms with Crippen molar-refractivity contribution in [3.63, 3.8) is 0 Å². The van der Waals surface area contributed by atoms with Crippen LogP contribution in [0, 0.1) is 12.8 Å². The number of allylic oxidation sites excluding steroid dienone is 3. The normalized spacial score (nSPS) is 32.7. The molecule has 4 aliphatic rings. The van der Waals surface area contributed by atoms with Crippen LogP contribution in [0.5, 0.6) is 5.75 Å². The molecule has 0 saturated carbocycles. The number of amides is 2. The van der Waals surface area contributed by atoms with E-state index in [0.29, 0.717) is 34.3 Å². The quantitative estimate of drug-likeness (QED) is 0.186. The molecule has 4 bridgehead atoms. The standard InChI is InChI=1S/C40H54ClN5O9/c1-22-11-10-12-31(52-7)40(50)21-30(53-38(49)44-40)24(3)36-39(4,55-36)32(20-33(47)45(5)27-17-25(15-22)18-29(51-6)34(27)41)54-37(48)43-35-23(2)16-26(42)19-28(35)46-13-8-9-14-46/h10-12,16-19,24,30-33,36,47,50H,8-9,13-15,20-21,42H2,1-7H3,(H,43,48)(H,44,49)/b12-10+,22-11+/t24-,30+,31-,32+,33?,36+,39+,40+/m1/s1. The minimum absolute atomic E-state index is 0.0153. The van der Waals surface area contributed by atoms with Gasteiger partial charge >= 0.3 is 12.2 Å². The third kappa shape index (κ3) is 8.48.